The first-order valence-corrected chi connectivity index (χ1v) is 7.65. The van der Waals surface area contributed by atoms with E-state index in [1.165, 1.54) is 17.7 Å². The van der Waals surface area contributed by atoms with E-state index < -0.39 is 6.10 Å². The summed E-state index contributed by atoms with van der Waals surface area (Å²) < 4.78 is 12.9. The maximum atomic E-state index is 12.9. The summed E-state index contributed by atoms with van der Waals surface area (Å²) in [6.45, 7) is 2.69. The summed E-state index contributed by atoms with van der Waals surface area (Å²) >= 11 is 1.70. The van der Waals surface area contributed by atoms with Gasteiger partial charge in [-0.3, -0.25) is 0 Å². The minimum atomic E-state index is -0.592. The van der Waals surface area contributed by atoms with E-state index >= 15 is 0 Å². The summed E-state index contributed by atoms with van der Waals surface area (Å²) in [4.78, 5) is 2.13. The van der Waals surface area contributed by atoms with Crippen molar-refractivity contribution in [2.75, 3.05) is 13.6 Å². The lowest BCUT2D eigenvalue weighted by Crippen LogP contribution is -2.34. The molecule has 0 aliphatic heterocycles. The van der Waals surface area contributed by atoms with Crippen molar-refractivity contribution in [1.29, 1.82) is 0 Å². The summed E-state index contributed by atoms with van der Waals surface area (Å²) in [5.41, 5.74) is 2.08. The van der Waals surface area contributed by atoms with Crippen LogP contribution < -0.4 is 0 Å². The van der Waals surface area contributed by atoms with Gasteiger partial charge >= 0.3 is 0 Å². The van der Waals surface area contributed by atoms with Crippen LogP contribution in [0.4, 0.5) is 4.39 Å². The molecule has 0 bridgehead atoms. The van der Waals surface area contributed by atoms with Crippen molar-refractivity contribution in [3.63, 3.8) is 0 Å². The average Bonchev–Trinajstić information content (AvgIpc) is 2.92. The van der Waals surface area contributed by atoms with E-state index in [4.69, 9.17) is 0 Å². The maximum absolute atomic E-state index is 12.9. The van der Waals surface area contributed by atoms with E-state index in [-0.39, 0.29) is 5.82 Å². The van der Waals surface area contributed by atoms with E-state index in [9.17, 15) is 9.50 Å². The number of hydrogen-bond donors (Lipinski definition) is 1. The smallest absolute Gasteiger partial charge is 0.123 e. The number of likely N-dealkylation sites (N-methyl/N-ethyl adjacent to an activating group) is 1. The van der Waals surface area contributed by atoms with Crippen molar-refractivity contribution in [3.8, 4) is 0 Å². The summed E-state index contributed by atoms with van der Waals surface area (Å²) in [5, 5.41) is 14.4. The molecule has 2 rings (SSSR count). The molecule has 108 valence electrons. The van der Waals surface area contributed by atoms with Gasteiger partial charge in [0.1, 0.15) is 5.82 Å². The summed E-state index contributed by atoms with van der Waals surface area (Å²) in [6, 6.07) is 8.51. The van der Waals surface area contributed by atoms with Crippen molar-refractivity contribution in [1.82, 2.24) is 4.90 Å². The first kappa shape index (κ1) is 15.2. The summed E-state index contributed by atoms with van der Waals surface area (Å²) in [5.74, 6) is -0.278. The average molecular weight is 293 g/mol. The molecule has 0 radical (unpaired) electrons. The second-order valence-corrected chi connectivity index (χ2v) is 5.97. The third-order valence-electron chi connectivity index (χ3n) is 3.58. The fourth-order valence-electron chi connectivity index (χ4n) is 2.15. The Labute approximate surface area is 123 Å². The van der Waals surface area contributed by atoms with Gasteiger partial charge in [-0.2, -0.15) is 11.3 Å². The Balaban J connectivity index is 1.89. The lowest BCUT2D eigenvalue weighted by atomic mass is 10.1. The molecular weight excluding hydrogens is 273 g/mol. The number of nitrogens with zero attached hydrogens (tertiary/aromatic N) is 1. The van der Waals surface area contributed by atoms with Crippen LogP contribution in [0.25, 0.3) is 0 Å². The molecular formula is C16H20FNOS. The molecule has 1 N–H and O–H groups in total. The predicted octanol–water partition coefficient (Wildman–Crippen LogP) is 3.48. The summed E-state index contributed by atoms with van der Waals surface area (Å²) in [7, 11) is 2.00. The number of halogens is 1. The number of aliphatic hydroxyl groups excluding tert-OH is 1. The topological polar surface area (TPSA) is 23.5 Å². The quantitative estimate of drug-likeness (QED) is 0.881. The van der Waals surface area contributed by atoms with Gasteiger partial charge < -0.3 is 10.0 Å². The first-order valence-electron chi connectivity index (χ1n) is 6.71. The second-order valence-electron chi connectivity index (χ2n) is 5.19. The monoisotopic (exact) mass is 293 g/mol. The third kappa shape index (κ3) is 4.13. The Morgan fingerprint density at radius 2 is 1.95 bits per heavy atom. The highest BCUT2D eigenvalue weighted by atomic mass is 32.1. The van der Waals surface area contributed by atoms with Crippen LogP contribution in [0.1, 0.15) is 24.2 Å². The largest absolute Gasteiger partial charge is 0.387 e. The SMILES string of the molecule is CC(Cc1ccsc1)N(C)CC(O)c1ccc(F)cc1. The van der Waals surface area contributed by atoms with Crippen molar-refractivity contribution in [3.05, 3.63) is 58.0 Å². The van der Waals surface area contributed by atoms with Gasteiger partial charge in [-0.05, 0) is 60.5 Å². The zero-order valence-corrected chi connectivity index (χ0v) is 12.6. The van der Waals surface area contributed by atoms with E-state index in [1.54, 1.807) is 23.5 Å². The molecule has 0 fully saturated rings. The van der Waals surface area contributed by atoms with Gasteiger partial charge in [-0.1, -0.05) is 12.1 Å². The third-order valence-corrected chi connectivity index (χ3v) is 4.31. The number of thiophene rings is 1. The van der Waals surface area contributed by atoms with E-state index in [0.29, 0.717) is 12.6 Å². The molecule has 2 unspecified atom stereocenters. The molecule has 1 heterocycles. The van der Waals surface area contributed by atoms with Crippen LogP contribution in [0, 0.1) is 5.82 Å². The Hall–Kier alpha value is -1.23. The van der Waals surface area contributed by atoms with Gasteiger partial charge in [-0.15, -0.1) is 0 Å². The van der Waals surface area contributed by atoms with Gasteiger partial charge in [0.15, 0.2) is 0 Å². The Morgan fingerprint density at radius 1 is 1.25 bits per heavy atom. The van der Waals surface area contributed by atoms with E-state index in [2.05, 4.69) is 28.7 Å². The second kappa shape index (κ2) is 6.97. The minimum absolute atomic E-state index is 0.278. The standard InChI is InChI=1S/C16H20FNOS/c1-12(9-13-7-8-20-11-13)18(2)10-16(19)14-3-5-15(17)6-4-14/h3-8,11-12,16,19H,9-10H2,1-2H3. The molecule has 0 saturated carbocycles. The van der Waals surface area contributed by atoms with E-state index in [1.807, 2.05) is 7.05 Å². The van der Waals surface area contributed by atoms with Crippen LogP contribution in [0.3, 0.4) is 0 Å². The highest BCUT2D eigenvalue weighted by Crippen LogP contribution is 2.17. The lowest BCUT2D eigenvalue weighted by Gasteiger charge is -2.27. The fraction of sp³-hybridized carbons (Fsp3) is 0.375. The molecule has 2 aromatic rings. The number of aliphatic hydroxyl groups is 1. The van der Waals surface area contributed by atoms with Crippen LogP contribution in [-0.2, 0) is 6.42 Å². The van der Waals surface area contributed by atoms with Crippen LogP contribution >= 0.6 is 11.3 Å². The predicted molar refractivity (Wildman–Crippen MR) is 81.5 cm³/mol. The van der Waals surface area contributed by atoms with Crippen LogP contribution in [0.5, 0.6) is 0 Å². The van der Waals surface area contributed by atoms with Crippen LogP contribution in [0.15, 0.2) is 41.1 Å². The maximum Gasteiger partial charge on any atom is 0.123 e. The number of hydrogen-bond acceptors (Lipinski definition) is 3. The van der Waals surface area contributed by atoms with Gasteiger partial charge in [-0.25, -0.2) is 4.39 Å². The molecule has 0 saturated heterocycles. The van der Waals surface area contributed by atoms with Gasteiger partial charge in [0.2, 0.25) is 0 Å². The Bertz CT molecular complexity index is 512. The summed E-state index contributed by atoms with van der Waals surface area (Å²) in [6.07, 6.45) is 0.376. The number of benzene rings is 1. The molecule has 2 atom stereocenters. The van der Waals surface area contributed by atoms with Crippen LogP contribution in [-0.4, -0.2) is 29.6 Å². The van der Waals surface area contributed by atoms with Crippen molar-refractivity contribution in [2.45, 2.75) is 25.5 Å². The molecule has 0 aliphatic rings. The molecule has 0 spiro atoms. The molecule has 1 aromatic carbocycles. The van der Waals surface area contributed by atoms with Crippen molar-refractivity contribution >= 4 is 11.3 Å². The van der Waals surface area contributed by atoms with Crippen LogP contribution in [0.2, 0.25) is 0 Å². The van der Waals surface area contributed by atoms with Crippen molar-refractivity contribution < 1.29 is 9.50 Å². The first-order chi connectivity index (χ1) is 9.56. The normalized spacial score (nSPS) is 14.4. The fourth-order valence-corrected chi connectivity index (χ4v) is 2.83. The molecule has 0 aliphatic carbocycles. The Kier molecular flexibility index (Phi) is 5.29. The van der Waals surface area contributed by atoms with Gasteiger partial charge in [0.05, 0.1) is 6.10 Å². The zero-order valence-electron chi connectivity index (χ0n) is 11.8. The van der Waals surface area contributed by atoms with Crippen molar-refractivity contribution in [2.24, 2.45) is 0 Å². The van der Waals surface area contributed by atoms with Gasteiger partial charge in [0, 0.05) is 12.6 Å². The van der Waals surface area contributed by atoms with E-state index in [0.717, 1.165) is 12.0 Å². The minimum Gasteiger partial charge on any atom is -0.387 e. The lowest BCUT2D eigenvalue weighted by molar-refractivity contribution is 0.108. The molecule has 20 heavy (non-hydrogen) atoms. The zero-order chi connectivity index (χ0) is 14.5. The Morgan fingerprint density at radius 3 is 2.55 bits per heavy atom. The molecule has 2 nitrogen and oxygen atoms in total. The molecule has 1 aromatic heterocycles. The number of rotatable bonds is 6. The van der Waals surface area contributed by atoms with Gasteiger partial charge in [0.25, 0.3) is 0 Å². The molecule has 4 heteroatoms. The highest BCUT2D eigenvalue weighted by Gasteiger charge is 2.15. The molecule has 0 amide bonds. The highest BCUT2D eigenvalue weighted by molar-refractivity contribution is 7.07.